The minimum absolute atomic E-state index is 0.155. The van der Waals surface area contributed by atoms with Gasteiger partial charge in [0, 0.05) is 0 Å². The zero-order chi connectivity index (χ0) is 19.1. The zero-order valence-corrected chi connectivity index (χ0v) is 14.4. The number of carbonyl (C=O) groups excluding carboxylic acids is 1. The van der Waals surface area contributed by atoms with Crippen molar-refractivity contribution in [3.8, 4) is 29.0 Å². The Morgan fingerprint density at radius 3 is 2.70 bits per heavy atom. The van der Waals surface area contributed by atoms with E-state index in [0.29, 0.717) is 28.5 Å². The van der Waals surface area contributed by atoms with E-state index in [0.717, 1.165) is 0 Å². The molecule has 0 atom stereocenters. The van der Waals surface area contributed by atoms with Gasteiger partial charge >= 0.3 is 5.97 Å². The molecule has 0 radical (unpaired) electrons. The molecule has 0 aliphatic rings. The first-order chi connectivity index (χ1) is 13.2. The summed E-state index contributed by atoms with van der Waals surface area (Å²) in [6.45, 7) is -0.447. The quantitative estimate of drug-likeness (QED) is 0.588. The second-order valence-electron chi connectivity index (χ2n) is 5.30. The molecule has 0 bridgehead atoms. The Bertz CT molecular complexity index is 960. The van der Waals surface area contributed by atoms with Gasteiger partial charge in [-0.2, -0.15) is 10.2 Å². The van der Waals surface area contributed by atoms with Crippen LogP contribution in [0, 0.1) is 11.3 Å². The van der Waals surface area contributed by atoms with Gasteiger partial charge in [0.25, 0.3) is 5.89 Å². The van der Waals surface area contributed by atoms with E-state index < -0.39 is 5.97 Å². The van der Waals surface area contributed by atoms with Crippen LogP contribution in [0.15, 0.2) is 53.1 Å². The summed E-state index contributed by atoms with van der Waals surface area (Å²) in [5.74, 6) is 0.978. The first-order valence-corrected chi connectivity index (χ1v) is 7.94. The molecule has 0 saturated heterocycles. The number of carbonyl (C=O) groups is 1. The molecule has 3 rings (SSSR count). The molecule has 0 amide bonds. The number of ether oxygens (including phenoxy) is 3. The molecule has 2 aromatic carbocycles. The Morgan fingerprint density at radius 2 is 1.96 bits per heavy atom. The summed E-state index contributed by atoms with van der Waals surface area (Å²) in [6, 6.07) is 15.6. The minimum atomic E-state index is -0.587. The number of aromatic nitrogens is 2. The van der Waals surface area contributed by atoms with Crippen molar-refractivity contribution in [3.63, 3.8) is 0 Å². The predicted molar refractivity (Wildman–Crippen MR) is 92.7 cm³/mol. The number of benzene rings is 2. The van der Waals surface area contributed by atoms with Crippen LogP contribution in [0.5, 0.6) is 11.5 Å². The Balaban J connectivity index is 1.52. The molecule has 1 heterocycles. The van der Waals surface area contributed by atoms with E-state index in [9.17, 15) is 4.79 Å². The van der Waals surface area contributed by atoms with Gasteiger partial charge in [0.1, 0.15) is 11.5 Å². The molecular formula is C19H15N3O5. The average Bonchev–Trinajstić information content (AvgIpc) is 3.20. The van der Waals surface area contributed by atoms with Crippen molar-refractivity contribution < 1.29 is 23.5 Å². The number of methoxy groups -OCH3 is 1. The summed E-state index contributed by atoms with van der Waals surface area (Å²) in [5.41, 5.74) is 1.18. The molecule has 27 heavy (non-hydrogen) atoms. The van der Waals surface area contributed by atoms with Crippen LogP contribution >= 0.6 is 0 Å². The van der Waals surface area contributed by atoms with Gasteiger partial charge in [-0.3, -0.25) is 0 Å². The van der Waals surface area contributed by atoms with E-state index in [1.807, 2.05) is 18.2 Å². The Morgan fingerprint density at radius 1 is 1.19 bits per heavy atom. The van der Waals surface area contributed by atoms with Gasteiger partial charge in [-0.15, -0.1) is 0 Å². The highest BCUT2D eigenvalue weighted by Gasteiger charge is 2.14. The van der Waals surface area contributed by atoms with Crippen molar-refractivity contribution in [3.05, 3.63) is 60.0 Å². The van der Waals surface area contributed by atoms with Crippen molar-refractivity contribution in [2.24, 2.45) is 0 Å². The maximum Gasteiger partial charge on any atom is 0.344 e. The fourth-order valence-electron chi connectivity index (χ4n) is 2.20. The molecule has 0 aliphatic carbocycles. The third-order valence-electron chi connectivity index (χ3n) is 3.51. The number of nitriles is 1. The average molecular weight is 365 g/mol. The molecule has 8 nitrogen and oxygen atoms in total. The summed E-state index contributed by atoms with van der Waals surface area (Å²) in [7, 11) is 1.55. The third kappa shape index (κ3) is 4.61. The van der Waals surface area contributed by atoms with Crippen LogP contribution in [0.25, 0.3) is 11.4 Å². The third-order valence-corrected chi connectivity index (χ3v) is 3.51. The Kier molecular flexibility index (Phi) is 5.64. The highest BCUT2D eigenvalue weighted by Crippen LogP contribution is 2.27. The van der Waals surface area contributed by atoms with Crippen molar-refractivity contribution in [2.75, 3.05) is 13.7 Å². The van der Waals surface area contributed by atoms with E-state index in [2.05, 4.69) is 10.1 Å². The lowest BCUT2D eigenvalue weighted by molar-refractivity contribution is -0.148. The number of hydrogen-bond acceptors (Lipinski definition) is 8. The van der Waals surface area contributed by atoms with Gasteiger partial charge in [0.15, 0.2) is 13.2 Å². The Labute approximate surface area is 154 Å². The second kappa shape index (κ2) is 8.49. The van der Waals surface area contributed by atoms with Crippen molar-refractivity contribution in [1.82, 2.24) is 10.1 Å². The molecule has 0 unspecified atom stereocenters. The van der Waals surface area contributed by atoms with Crippen LogP contribution < -0.4 is 9.47 Å². The molecule has 0 spiro atoms. The molecule has 0 fully saturated rings. The smallest absolute Gasteiger partial charge is 0.344 e. The topological polar surface area (TPSA) is 107 Å². The minimum Gasteiger partial charge on any atom is -0.496 e. The van der Waals surface area contributed by atoms with Crippen LogP contribution in [-0.2, 0) is 16.1 Å². The largest absolute Gasteiger partial charge is 0.496 e. The summed E-state index contributed by atoms with van der Waals surface area (Å²) in [4.78, 5) is 16.0. The molecule has 8 heteroatoms. The van der Waals surface area contributed by atoms with Crippen molar-refractivity contribution in [1.29, 1.82) is 5.26 Å². The van der Waals surface area contributed by atoms with Crippen LogP contribution in [0.4, 0.5) is 0 Å². The van der Waals surface area contributed by atoms with Gasteiger partial charge in [-0.25, -0.2) is 4.79 Å². The van der Waals surface area contributed by atoms with E-state index in [-0.39, 0.29) is 19.1 Å². The summed E-state index contributed by atoms with van der Waals surface area (Å²) in [5, 5.41) is 12.6. The number of esters is 1. The van der Waals surface area contributed by atoms with Gasteiger partial charge < -0.3 is 18.7 Å². The molecule has 0 saturated carbocycles. The lowest BCUT2D eigenvalue weighted by Gasteiger charge is -2.05. The predicted octanol–water partition coefficient (Wildman–Crippen LogP) is 2.74. The molecule has 1 aromatic heterocycles. The highest BCUT2D eigenvalue weighted by atomic mass is 16.6. The number of nitrogens with zero attached hydrogens (tertiary/aromatic N) is 3. The van der Waals surface area contributed by atoms with Gasteiger partial charge in [0.2, 0.25) is 5.82 Å². The molecular weight excluding hydrogens is 350 g/mol. The fraction of sp³-hybridized carbons (Fsp3) is 0.158. The molecule has 0 aliphatic heterocycles. The maximum atomic E-state index is 11.8. The maximum absolute atomic E-state index is 11.8. The van der Waals surface area contributed by atoms with Crippen molar-refractivity contribution in [2.45, 2.75) is 6.61 Å². The first kappa shape index (κ1) is 17.9. The molecule has 3 aromatic rings. The first-order valence-electron chi connectivity index (χ1n) is 7.94. The summed E-state index contributed by atoms with van der Waals surface area (Å²) < 4.78 is 20.7. The van der Waals surface area contributed by atoms with Gasteiger partial charge in [0.05, 0.1) is 24.3 Å². The van der Waals surface area contributed by atoms with Gasteiger partial charge in [-0.05, 0) is 36.4 Å². The monoisotopic (exact) mass is 365 g/mol. The fourth-order valence-corrected chi connectivity index (χ4v) is 2.20. The van der Waals surface area contributed by atoms with Crippen molar-refractivity contribution >= 4 is 5.97 Å². The van der Waals surface area contributed by atoms with E-state index >= 15 is 0 Å². The van der Waals surface area contributed by atoms with Crippen LogP contribution in [0.1, 0.15) is 11.5 Å². The number of hydrogen-bond donors (Lipinski definition) is 0. The van der Waals surface area contributed by atoms with Crippen LogP contribution in [0.2, 0.25) is 0 Å². The lowest BCUT2D eigenvalue weighted by Crippen LogP contribution is -2.14. The standard InChI is InChI=1S/C19H15N3O5/c1-24-16-5-3-2-4-15(16)19-21-17(27-22-19)11-26-18(23)12-25-14-8-6-13(10-20)7-9-14/h2-9H,11-12H2,1H3. The normalized spacial score (nSPS) is 10.1. The SMILES string of the molecule is COc1ccccc1-c1noc(COC(=O)COc2ccc(C#N)cc2)n1. The highest BCUT2D eigenvalue weighted by molar-refractivity contribution is 5.71. The number of rotatable bonds is 7. The van der Waals surface area contributed by atoms with E-state index in [1.54, 1.807) is 43.5 Å². The molecule has 0 N–H and O–H groups in total. The summed E-state index contributed by atoms with van der Waals surface area (Å²) >= 11 is 0. The van der Waals surface area contributed by atoms with E-state index in [4.69, 9.17) is 24.0 Å². The Hall–Kier alpha value is -3.86. The number of para-hydroxylation sites is 1. The second-order valence-corrected chi connectivity index (χ2v) is 5.30. The van der Waals surface area contributed by atoms with Gasteiger partial charge in [-0.1, -0.05) is 17.3 Å². The van der Waals surface area contributed by atoms with Crippen LogP contribution in [0.3, 0.4) is 0 Å². The van der Waals surface area contributed by atoms with E-state index in [1.165, 1.54) is 0 Å². The van der Waals surface area contributed by atoms with Crippen LogP contribution in [-0.4, -0.2) is 29.8 Å². The zero-order valence-electron chi connectivity index (χ0n) is 14.4. The molecule has 136 valence electrons. The summed E-state index contributed by atoms with van der Waals surface area (Å²) in [6.07, 6.45) is 0. The lowest BCUT2D eigenvalue weighted by atomic mass is 10.2.